The maximum Gasteiger partial charge on any atom is 0.0651 e. The molecule has 0 aromatic rings. The molecule has 0 heterocycles. The van der Waals surface area contributed by atoms with Crippen LogP contribution in [0.25, 0.3) is 0 Å². The summed E-state index contributed by atoms with van der Waals surface area (Å²) in [5.74, 6) is 0. The Kier molecular flexibility index (Phi) is 5.68. The third kappa shape index (κ3) is 6.39. The van der Waals surface area contributed by atoms with Crippen LogP contribution in [0.4, 0.5) is 0 Å². The van der Waals surface area contributed by atoms with E-state index >= 15 is 0 Å². The van der Waals surface area contributed by atoms with E-state index in [2.05, 4.69) is 20.8 Å². The Labute approximate surface area is 89.2 Å². The van der Waals surface area contributed by atoms with Gasteiger partial charge in [-0.2, -0.15) is 0 Å². The minimum Gasteiger partial charge on any atom is -0.375 e. The highest BCUT2D eigenvalue weighted by Gasteiger charge is 2.22. The quantitative estimate of drug-likeness (QED) is 0.687. The zero-order chi connectivity index (χ0) is 11.2. The van der Waals surface area contributed by atoms with E-state index in [1.165, 1.54) is 6.42 Å². The first-order valence-electron chi connectivity index (χ1n) is 5.76. The zero-order valence-corrected chi connectivity index (χ0v) is 10.5. The van der Waals surface area contributed by atoms with Gasteiger partial charge in [0, 0.05) is 12.1 Å². The van der Waals surface area contributed by atoms with Crippen LogP contribution < -0.4 is 5.73 Å². The van der Waals surface area contributed by atoms with Crippen molar-refractivity contribution in [3.8, 4) is 0 Å². The molecule has 1 unspecified atom stereocenters. The maximum atomic E-state index is 5.92. The summed E-state index contributed by atoms with van der Waals surface area (Å²) in [5, 5.41) is 0. The first kappa shape index (κ1) is 13.9. The molecule has 2 nitrogen and oxygen atoms in total. The van der Waals surface area contributed by atoms with Gasteiger partial charge >= 0.3 is 0 Å². The van der Waals surface area contributed by atoms with Crippen LogP contribution in [-0.4, -0.2) is 17.7 Å². The fourth-order valence-corrected chi connectivity index (χ4v) is 1.44. The molecule has 0 aromatic heterocycles. The first-order chi connectivity index (χ1) is 6.33. The molecule has 0 saturated carbocycles. The highest BCUT2D eigenvalue weighted by atomic mass is 16.5. The standard InChI is InChI=1S/C12H27NO/c1-6-8-12(5,7-2)14-10-9-11(3,4)13/h6-10,13H2,1-5H3. The van der Waals surface area contributed by atoms with E-state index in [9.17, 15) is 0 Å². The third-order valence-electron chi connectivity index (χ3n) is 2.72. The van der Waals surface area contributed by atoms with Crippen LogP contribution in [0.15, 0.2) is 0 Å². The third-order valence-corrected chi connectivity index (χ3v) is 2.72. The average molecular weight is 201 g/mol. The zero-order valence-electron chi connectivity index (χ0n) is 10.5. The van der Waals surface area contributed by atoms with Crippen molar-refractivity contribution in [2.24, 2.45) is 5.73 Å². The summed E-state index contributed by atoms with van der Waals surface area (Å²) < 4.78 is 5.92. The fourth-order valence-electron chi connectivity index (χ4n) is 1.44. The highest BCUT2D eigenvalue weighted by molar-refractivity contribution is 4.75. The van der Waals surface area contributed by atoms with E-state index in [0.29, 0.717) is 0 Å². The smallest absolute Gasteiger partial charge is 0.0651 e. The summed E-state index contributed by atoms with van der Waals surface area (Å²) in [4.78, 5) is 0. The van der Waals surface area contributed by atoms with Crippen molar-refractivity contribution in [3.05, 3.63) is 0 Å². The van der Waals surface area contributed by atoms with Crippen LogP contribution in [0.5, 0.6) is 0 Å². The summed E-state index contributed by atoms with van der Waals surface area (Å²) >= 11 is 0. The predicted octanol–water partition coefficient (Wildman–Crippen LogP) is 3.10. The van der Waals surface area contributed by atoms with Gasteiger partial charge in [0.05, 0.1) is 5.60 Å². The molecule has 0 aliphatic rings. The van der Waals surface area contributed by atoms with Gasteiger partial charge in [-0.05, 0) is 40.0 Å². The molecule has 0 radical (unpaired) electrons. The Bertz CT molecular complexity index is 151. The lowest BCUT2D eigenvalue weighted by Crippen LogP contribution is -2.36. The lowest BCUT2D eigenvalue weighted by atomic mass is 9.96. The molecule has 2 N–H and O–H groups in total. The van der Waals surface area contributed by atoms with Crippen molar-refractivity contribution >= 4 is 0 Å². The van der Waals surface area contributed by atoms with Gasteiger partial charge in [-0.1, -0.05) is 20.3 Å². The minimum atomic E-state index is -0.110. The average Bonchev–Trinajstić information content (AvgIpc) is 2.02. The van der Waals surface area contributed by atoms with Gasteiger partial charge < -0.3 is 10.5 Å². The van der Waals surface area contributed by atoms with E-state index in [1.54, 1.807) is 0 Å². The molecule has 0 spiro atoms. The monoisotopic (exact) mass is 201 g/mol. The Hall–Kier alpha value is -0.0800. The summed E-state index contributed by atoms with van der Waals surface area (Å²) in [6.45, 7) is 11.4. The largest absolute Gasteiger partial charge is 0.375 e. The van der Waals surface area contributed by atoms with Crippen LogP contribution in [0.1, 0.15) is 60.3 Å². The van der Waals surface area contributed by atoms with E-state index in [0.717, 1.165) is 25.9 Å². The van der Waals surface area contributed by atoms with Gasteiger partial charge in [0.15, 0.2) is 0 Å². The summed E-state index contributed by atoms with van der Waals surface area (Å²) in [6, 6.07) is 0. The second-order valence-electron chi connectivity index (χ2n) is 5.14. The van der Waals surface area contributed by atoms with Crippen molar-refractivity contribution in [2.45, 2.75) is 71.4 Å². The van der Waals surface area contributed by atoms with E-state index in [-0.39, 0.29) is 11.1 Å². The Morgan fingerprint density at radius 2 is 1.64 bits per heavy atom. The molecule has 0 saturated heterocycles. The normalized spacial score (nSPS) is 16.7. The summed E-state index contributed by atoms with van der Waals surface area (Å²) in [5.41, 5.74) is 5.85. The molecular weight excluding hydrogens is 174 g/mol. The first-order valence-corrected chi connectivity index (χ1v) is 5.76. The molecule has 0 fully saturated rings. The van der Waals surface area contributed by atoms with Gasteiger partial charge in [0.1, 0.15) is 0 Å². The van der Waals surface area contributed by atoms with E-state index in [4.69, 9.17) is 10.5 Å². The molecule has 1 atom stereocenters. The molecule has 0 rings (SSSR count). The van der Waals surface area contributed by atoms with Crippen molar-refractivity contribution in [2.75, 3.05) is 6.61 Å². The van der Waals surface area contributed by atoms with Crippen LogP contribution in [-0.2, 0) is 4.74 Å². The van der Waals surface area contributed by atoms with E-state index < -0.39 is 0 Å². The molecule has 86 valence electrons. The van der Waals surface area contributed by atoms with Gasteiger partial charge in [0.2, 0.25) is 0 Å². The summed E-state index contributed by atoms with van der Waals surface area (Å²) in [6.07, 6.45) is 4.31. The fraction of sp³-hybridized carbons (Fsp3) is 1.00. The molecule has 0 bridgehead atoms. The predicted molar refractivity (Wildman–Crippen MR) is 62.4 cm³/mol. The lowest BCUT2D eigenvalue weighted by molar-refractivity contribution is -0.0458. The van der Waals surface area contributed by atoms with Gasteiger partial charge in [-0.15, -0.1) is 0 Å². The van der Waals surface area contributed by atoms with Crippen molar-refractivity contribution in [1.29, 1.82) is 0 Å². The molecule has 0 amide bonds. The minimum absolute atomic E-state index is 0.0556. The van der Waals surface area contributed by atoms with Crippen LogP contribution in [0.2, 0.25) is 0 Å². The van der Waals surface area contributed by atoms with Crippen LogP contribution >= 0.6 is 0 Å². The van der Waals surface area contributed by atoms with Crippen LogP contribution in [0, 0.1) is 0 Å². The second-order valence-corrected chi connectivity index (χ2v) is 5.14. The lowest BCUT2D eigenvalue weighted by Gasteiger charge is -2.30. The number of rotatable bonds is 7. The summed E-state index contributed by atoms with van der Waals surface area (Å²) in [7, 11) is 0. The highest BCUT2D eigenvalue weighted by Crippen LogP contribution is 2.22. The molecule has 0 aliphatic carbocycles. The molecule has 0 aromatic carbocycles. The molecular formula is C12H27NO. The molecule has 0 aliphatic heterocycles. The second kappa shape index (κ2) is 5.72. The molecule has 14 heavy (non-hydrogen) atoms. The van der Waals surface area contributed by atoms with Crippen molar-refractivity contribution < 1.29 is 4.74 Å². The number of hydrogen-bond donors (Lipinski definition) is 1. The Balaban J connectivity index is 3.84. The van der Waals surface area contributed by atoms with Gasteiger partial charge in [-0.25, -0.2) is 0 Å². The maximum absolute atomic E-state index is 5.92. The van der Waals surface area contributed by atoms with Crippen molar-refractivity contribution in [1.82, 2.24) is 0 Å². The Morgan fingerprint density at radius 3 is 2.00 bits per heavy atom. The van der Waals surface area contributed by atoms with Gasteiger partial charge in [0.25, 0.3) is 0 Å². The SMILES string of the molecule is CCCC(C)(CC)OCCC(C)(C)N. The van der Waals surface area contributed by atoms with Crippen molar-refractivity contribution in [3.63, 3.8) is 0 Å². The number of nitrogens with two attached hydrogens (primary N) is 1. The number of ether oxygens (including phenoxy) is 1. The topological polar surface area (TPSA) is 35.2 Å². The number of hydrogen-bond acceptors (Lipinski definition) is 2. The van der Waals surface area contributed by atoms with E-state index in [1.807, 2.05) is 13.8 Å². The Morgan fingerprint density at radius 1 is 1.07 bits per heavy atom. The van der Waals surface area contributed by atoms with Gasteiger partial charge in [-0.3, -0.25) is 0 Å². The van der Waals surface area contributed by atoms with Crippen LogP contribution in [0.3, 0.4) is 0 Å². The molecule has 2 heteroatoms.